The highest BCUT2D eigenvalue weighted by molar-refractivity contribution is 5.87. The molecule has 1 amide bonds. The first-order valence-corrected chi connectivity index (χ1v) is 7.26. The van der Waals surface area contributed by atoms with Crippen molar-refractivity contribution in [2.24, 2.45) is 0 Å². The molecule has 0 radical (unpaired) electrons. The molecule has 120 valence electrons. The van der Waals surface area contributed by atoms with Gasteiger partial charge in [0.15, 0.2) is 0 Å². The van der Waals surface area contributed by atoms with Crippen molar-refractivity contribution in [3.8, 4) is 5.75 Å². The summed E-state index contributed by atoms with van der Waals surface area (Å²) in [5, 5.41) is 2.72. The quantitative estimate of drug-likeness (QED) is 0.796. The van der Waals surface area contributed by atoms with Gasteiger partial charge in [0.25, 0.3) is 0 Å². The van der Waals surface area contributed by atoms with Crippen LogP contribution in [0.3, 0.4) is 0 Å². The molecule has 0 aliphatic carbocycles. The zero-order chi connectivity index (χ0) is 15.9. The fourth-order valence-corrected chi connectivity index (χ4v) is 2.38. The molecule has 0 bridgehead atoms. The number of methoxy groups -OCH3 is 2. The zero-order valence-electron chi connectivity index (χ0n) is 12.8. The zero-order valence-corrected chi connectivity index (χ0v) is 12.8. The van der Waals surface area contributed by atoms with E-state index in [1.807, 2.05) is 24.3 Å². The maximum atomic E-state index is 12.1. The van der Waals surface area contributed by atoms with Crippen molar-refractivity contribution in [2.75, 3.05) is 20.8 Å². The summed E-state index contributed by atoms with van der Waals surface area (Å²) in [6, 6.07) is 6.60. The Balaban J connectivity index is 2.01. The van der Waals surface area contributed by atoms with Gasteiger partial charge in [-0.05, 0) is 30.5 Å². The predicted octanol–water partition coefficient (Wildman–Crippen LogP) is 1.07. The van der Waals surface area contributed by atoms with E-state index in [0.717, 1.165) is 17.7 Å². The number of nitrogens with one attached hydrogen (secondary N) is 1. The van der Waals surface area contributed by atoms with Gasteiger partial charge in [0, 0.05) is 13.0 Å². The molecule has 6 heteroatoms. The molecule has 0 aromatic heterocycles. The van der Waals surface area contributed by atoms with Crippen LogP contribution in [0.5, 0.6) is 5.75 Å². The lowest BCUT2D eigenvalue weighted by Gasteiger charge is -2.19. The van der Waals surface area contributed by atoms with E-state index < -0.39 is 18.1 Å². The SMILES string of the molecule is COC(=O)[C@H](Cc1ccc(OC)cc1)NC(=O)[C@H]1CCCO1. The van der Waals surface area contributed by atoms with Crippen LogP contribution in [0, 0.1) is 0 Å². The monoisotopic (exact) mass is 307 g/mol. The Labute approximate surface area is 129 Å². The number of carbonyl (C=O) groups is 2. The number of ether oxygens (including phenoxy) is 3. The fourth-order valence-electron chi connectivity index (χ4n) is 2.38. The Morgan fingerprint density at radius 3 is 2.59 bits per heavy atom. The highest BCUT2D eigenvalue weighted by Crippen LogP contribution is 2.15. The molecule has 1 aromatic carbocycles. The van der Waals surface area contributed by atoms with Crippen LogP contribution in [0.15, 0.2) is 24.3 Å². The lowest BCUT2D eigenvalue weighted by Crippen LogP contribution is -2.47. The van der Waals surface area contributed by atoms with E-state index in [4.69, 9.17) is 14.2 Å². The van der Waals surface area contributed by atoms with Crippen LogP contribution in [0.4, 0.5) is 0 Å². The van der Waals surface area contributed by atoms with Crippen LogP contribution in [0.1, 0.15) is 18.4 Å². The Morgan fingerprint density at radius 1 is 1.32 bits per heavy atom. The average molecular weight is 307 g/mol. The summed E-state index contributed by atoms with van der Waals surface area (Å²) >= 11 is 0. The molecule has 2 rings (SSSR count). The van der Waals surface area contributed by atoms with Gasteiger partial charge in [-0.3, -0.25) is 4.79 Å². The van der Waals surface area contributed by atoms with Crippen LogP contribution in [0.2, 0.25) is 0 Å². The third-order valence-corrected chi connectivity index (χ3v) is 3.62. The van der Waals surface area contributed by atoms with Gasteiger partial charge in [-0.15, -0.1) is 0 Å². The predicted molar refractivity (Wildman–Crippen MR) is 79.6 cm³/mol. The van der Waals surface area contributed by atoms with Gasteiger partial charge in [-0.2, -0.15) is 0 Å². The molecular formula is C16H21NO5. The Bertz CT molecular complexity index is 508. The second-order valence-electron chi connectivity index (χ2n) is 5.14. The second kappa shape index (κ2) is 7.79. The Hall–Kier alpha value is -2.08. The summed E-state index contributed by atoms with van der Waals surface area (Å²) < 4.78 is 15.2. The number of hydrogen-bond donors (Lipinski definition) is 1. The van der Waals surface area contributed by atoms with Crippen LogP contribution in [-0.4, -0.2) is 44.8 Å². The standard InChI is InChI=1S/C16H21NO5/c1-20-12-7-5-11(6-8-12)10-13(16(19)21-2)17-15(18)14-4-3-9-22-14/h5-8,13-14H,3-4,9-10H2,1-2H3,(H,17,18)/t13-,14+/m0/s1. The number of amides is 1. The van der Waals surface area contributed by atoms with E-state index in [2.05, 4.69) is 5.32 Å². The van der Waals surface area contributed by atoms with Gasteiger partial charge in [-0.1, -0.05) is 12.1 Å². The topological polar surface area (TPSA) is 73.9 Å². The summed E-state index contributed by atoms with van der Waals surface area (Å²) in [7, 11) is 2.90. The van der Waals surface area contributed by atoms with Gasteiger partial charge in [0.05, 0.1) is 14.2 Å². The van der Waals surface area contributed by atoms with Crippen LogP contribution in [-0.2, 0) is 25.5 Å². The lowest BCUT2D eigenvalue weighted by atomic mass is 10.1. The Morgan fingerprint density at radius 2 is 2.05 bits per heavy atom. The first kappa shape index (κ1) is 16.3. The molecule has 0 spiro atoms. The van der Waals surface area contributed by atoms with Crippen molar-refractivity contribution in [1.82, 2.24) is 5.32 Å². The molecule has 1 saturated heterocycles. The summed E-state index contributed by atoms with van der Waals surface area (Å²) in [6.07, 6.45) is 1.43. The minimum Gasteiger partial charge on any atom is -0.497 e. The van der Waals surface area contributed by atoms with E-state index in [1.165, 1.54) is 7.11 Å². The molecule has 1 fully saturated rings. The molecule has 1 N–H and O–H groups in total. The van der Waals surface area contributed by atoms with Gasteiger partial charge < -0.3 is 19.5 Å². The van der Waals surface area contributed by atoms with E-state index >= 15 is 0 Å². The first-order valence-electron chi connectivity index (χ1n) is 7.26. The lowest BCUT2D eigenvalue weighted by molar-refractivity contribution is -0.146. The maximum absolute atomic E-state index is 12.1. The maximum Gasteiger partial charge on any atom is 0.328 e. The largest absolute Gasteiger partial charge is 0.497 e. The second-order valence-corrected chi connectivity index (χ2v) is 5.14. The highest BCUT2D eigenvalue weighted by atomic mass is 16.5. The van der Waals surface area contributed by atoms with Crippen LogP contribution < -0.4 is 10.1 Å². The molecule has 1 aliphatic rings. The normalized spacial score (nSPS) is 18.5. The number of hydrogen-bond acceptors (Lipinski definition) is 5. The molecule has 1 heterocycles. The van der Waals surface area contributed by atoms with Crippen molar-refractivity contribution in [2.45, 2.75) is 31.4 Å². The van der Waals surface area contributed by atoms with Crippen molar-refractivity contribution in [1.29, 1.82) is 0 Å². The molecule has 1 aromatic rings. The summed E-state index contributed by atoms with van der Waals surface area (Å²) in [6.45, 7) is 0.583. The minimum atomic E-state index is -0.727. The molecule has 0 unspecified atom stereocenters. The van der Waals surface area contributed by atoms with Gasteiger partial charge in [-0.25, -0.2) is 4.79 Å². The van der Waals surface area contributed by atoms with Gasteiger partial charge in [0.1, 0.15) is 17.9 Å². The van der Waals surface area contributed by atoms with Gasteiger partial charge >= 0.3 is 5.97 Å². The number of carbonyl (C=O) groups excluding carboxylic acids is 2. The van der Waals surface area contributed by atoms with Crippen LogP contribution in [0.25, 0.3) is 0 Å². The molecule has 6 nitrogen and oxygen atoms in total. The van der Waals surface area contributed by atoms with Crippen molar-refractivity contribution in [3.63, 3.8) is 0 Å². The molecule has 2 atom stereocenters. The number of esters is 1. The summed E-state index contributed by atoms with van der Waals surface area (Å²) in [4.78, 5) is 24.0. The van der Waals surface area contributed by atoms with E-state index in [9.17, 15) is 9.59 Å². The van der Waals surface area contributed by atoms with Crippen molar-refractivity contribution >= 4 is 11.9 Å². The van der Waals surface area contributed by atoms with E-state index in [0.29, 0.717) is 19.4 Å². The van der Waals surface area contributed by atoms with E-state index in [1.54, 1.807) is 7.11 Å². The van der Waals surface area contributed by atoms with Gasteiger partial charge in [0.2, 0.25) is 5.91 Å². The number of benzene rings is 1. The molecule has 1 aliphatic heterocycles. The fraction of sp³-hybridized carbons (Fsp3) is 0.500. The molecule has 0 saturated carbocycles. The highest BCUT2D eigenvalue weighted by Gasteiger charge is 2.28. The van der Waals surface area contributed by atoms with Crippen LogP contribution >= 0.6 is 0 Å². The third-order valence-electron chi connectivity index (χ3n) is 3.62. The third kappa shape index (κ3) is 4.21. The van der Waals surface area contributed by atoms with Crippen molar-refractivity contribution in [3.05, 3.63) is 29.8 Å². The Kier molecular flexibility index (Phi) is 5.77. The minimum absolute atomic E-state index is 0.263. The summed E-state index contributed by atoms with van der Waals surface area (Å²) in [5.74, 6) is 0.00494. The first-order chi connectivity index (χ1) is 10.6. The molecule has 22 heavy (non-hydrogen) atoms. The summed E-state index contributed by atoms with van der Waals surface area (Å²) in [5.41, 5.74) is 0.906. The molecular weight excluding hydrogens is 286 g/mol. The van der Waals surface area contributed by atoms with E-state index in [-0.39, 0.29) is 5.91 Å². The smallest absolute Gasteiger partial charge is 0.328 e. The number of rotatable bonds is 6. The average Bonchev–Trinajstić information content (AvgIpc) is 3.08. The van der Waals surface area contributed by atoms with Crippen molar-refractivity contribution < 1.29 is 23.8 Å².